The highest BCUT2D eigenvalue weighted by Crippen LogP contribution is 2.46. The van der Waals surface area contributed by atoms with Gasteiger partial charge in [0.2, 0.25) is 5.91 Å². The molecule has 0 atom stereocenters. The van der Waals surface area contributed by atoms with E-state index in [0.717, 1.165) is 24.2 Å². The van der Waals surface area contributed by atoms with Crippen molar-refractivity contribution in [1.82, 2.24) is 15.2 Å². The number of carbonyl (C=O) groups is 1. The minimum atomic E-state index is -0.573. The third-order valence-corrected chi connectivity index (χ3v) is 6.23. The average molecular weight is 396 g/mol. The molecule has 1 aliphatic carbocycles. The Labute approximate surface area is 172 Å². The quantitative estimate of drug-likeness (QED) is 0.745. The number of carbonyl (C=O) groups excluding carboxylic acids is 1. The molecule has 1 N–H and O–H groups in total. The Bertz CT molecular complexity index is 803. The monoisotopic (exact) mass is 395 g/mol. The van der Waals surface area contributed by atoms with E-state index in [1.807, 2.05) is 55.7 Å². The van der Waals surface area contributed by atoms with Crippen LogP contribution in [0, 0.1) is 0 Å². The van der Waals surface area contributed by atoms with Gasteiger partial charge in [0, 0.05) is 32.2 Å². The predicted molar refractivity (Wildman–Crippen MR) is 111 cm³/mol. The van der Waals surface area contributed by atoms with Gasteiger partial charge in [0.25, 0.3) is 0 Å². The first-order valence-corrected chi connectivity index (χ1v) is 10.3. The van der Waals surface area contributed by atoms with E-state index in [9.17, 15) is 4.79 Å². The molecule has 0 unspecified atom stereocenters. The number of nitrogens with zero attached hydrogens (tertiary/aromatic N) is 2. The van der Waals surface area contributed by atoms with Crippen molar-refractivity contribution in [2.24, 2.45) is 0 Å². The van der Waals surface area contributed by atoms with Crippen LogP contribution in [0.5, 0.6) is 5.75 Å². The van der Waals surface area contributed by atoms with Crippen LogP contribution in [0.15, 0.2) is 54.9 Å². The summed E-state index contributed by atoms with van der Waals surface area (Å²) in [5.74, 6) is 0.934. The molecule has 2 fully saturated rings. The number of likely N-dealkylation sites (N-methyl/N-ethyl adjacent to an activating group) is 1. The number of para-hydroxylation sites is 1. The first-order valence-electron chi connectivity index (χ1n) is 10.3. The van der Waals surface area contributed by atoms with Gasteiger partial charge in [0.1, 0.15) is 17.9 Å². The highest BCUT2D eigenvalue weighted by molar-refractivity contribution is 5.87. The van der Waals surface area contributed by atoms with Crippen LogP contribution in [-0.2, 0) is 15.1 Å². The lowest BCUT2D eigenvalue weighted by molar-refractivity contribution is -0.140. The lowest BCUT2D eigenvalue weighted by Crippen LogP contribution is -2.62. The number of ether oxygens (including phenoxy) is 2. The van der Waals surface area contributed by atoms with Gasteiger partial charge < -0.3 is 14.8 Å². The van der Waals surface area contributed by atoms with E-state index in [1.54, 1.807) is 6.20 Å². The molecule has 2 aromatic rings. The van der Waals surface area contributed by atoms with Crippen LogP contribution in [0.1, 0.15) is 31.2 Å². The third kappa shape index (κ3) is 4.28. The Morgan fingerprint density at radius 2 is 1.90 bits per heavy atom. The molecule has 1 saturated heterocycles. The maximum absolute atomic E-state index is 13.6. The molecule has 1 saturated carbocycles. The summed E-state index contributed by atoms with van der Waals surface area (Å²) < 4.78 is 11.4. The molecule has 1 aromatic heterocycles. The molecule has 29 heavy (non-hydrogen) atoms. The van der Waals surface area contributed by atoms with Crippen LogP contribution in [0.25, 0.3) is 0 Å². The fourth-order valence-electron chi connectivity index (χ4n) is 4.11. The normalized spacial score (nSPS) is 19.5. The Morgan fingerprint density at radius 1 is 1.14 bits per heavy atom. The molecular formula is C23H29N3O3. The van der Waals surface area contributed by atoms with E-state index in [2.05, 4.69) is 15.2 Å². The summed E-state index contributed by atoms with van der Waals surface area (Å²) in [7, 11) is 2.02. The van der Waals surface area contributed by atoms with Crippen molar-refractivity contribution in [2.45, 2.75) is 36.8 Å². The van der Waals surface area contributed by atoms with Gasteiger partial charge >= 0.3 is 0 Å². The summed E-state index contributed by atoms with van der Waals surface area (Å²) in [6, 6.07) is 13.8. The fourth-order valence-corrected chi connectivity index (χ4v) is 4.11. The topological polar surface area (TPSA) is 63.7 Å². The molecule has 1 amide bonds. The van der Waals surface area contributed by atoms with Crippen molar-refractivity contribution >= 4 is 5.91 Å². The highest BCUT2D eigenvalue weighted by atomic mass is 16.5. The largest absolute Gasteiger partial charge is 0.492 e. The summed E-state index contributed by atoms with van der Waals surface area (Å²) in [5, 5.41) is 3.37. The van der Waals surface area contributed by atoms with Crippen LogP contribution < -0.4 is 10.1 Å². The predicted octanol–water partition coefficient (Wildman–Crippen LogP) is 2.75. The summed E-state index contributed by atoms with van der Waals surface area (Å²) in [6.45, 7) is 2.39. The Morgan fingerprint density at radius 3 is 2.55 bits per heavy atom. The van der Waals surface area contributed by atoms with E-state index in [4.69, 9.17) is 9.47 Å². The molecule has 6 heteroatoms. The number of nitrogens with one attached hydrogen (secondary N) is 1. The van der Waals surface area contributed by atoms with Gasteiger partial charge in [-0.1, -0.05) is 24.3 Å². The molecule has 1 aromatic carbocycles. The third-order valence-electron chi connectivity index (χ3n) is 6.23. The number of amides is 1. The standard InChI is InChI=1S/C23H29N3O3/c1-26(14-17-29-20-7-3-2-4-8-20)23(11-15-28-16-12-23)21(27)25-22(9-10-22)19-6-5-13-24-18-19/h2-8,13,18H,9-12,14-17H2,1H3,(H,25,27). The zero-order chi connectivity index (χ0) is 20.2. The van der Waals surface area contributed by atoms with Crippen LogP contribution in [0.3, 0.4) is 0 Å². The second-order valence-corrected chi connectivity index (χ2v) is 8.00. The molecule has 0 radical (unpaired) electrons. The Balaban J connectivity index is 1.43. The molecule has 154 valence electrons. The van der Waals surface area contributed by atoms with Gasteiger partial charge in [-0.15, -0.1) is 0 Å². The molecule has 4 rings (SSSR count). The highest BCUT2D eigenvalue weighted by Gasteiger charge is 2.51. The Kier molecular flexibility index (Phi) is 5.83. The number of hydrogen-bond acceptors (Lipinski definition) is 5. The molecule has 6 nitrogen and oxygen atoms in total. The lowest BCUT2D eigenvalue weighted by Gasteiger charge is -2.43. The summed E-state index contributed by atoms with van der Waals surface area (Å²) in [6.07, 6.45) is 6.91. The zero-order valence-electron chi connectivity index (χ0n) is 17.0. The lowest BCUT2D eigenvalue weighted by atomic mass is 9.86. The van der Waals surface area contributed by atoms with Crippen molar-refractivity contribution in [3.8, 4) is 5.75 Å². The van der Waals surface area contributed by atoms with E-state index in [0.29, 0.717) is 39.2 Å². The van der Waals surface area contributed by atoms with Crippen molar-refractivity contribution in [2.75, 3.05) is 33.4 Å². The van der Waals surface area contributed by atoms with Gasteiger partial charge in [-0.25, -0.2) is 0 Å². The molecule has 2 heterocycles. The van der Waals surface area contributed by atoms with Gasteiger partial charge in [-0.3, -0.25) is 14.7 Å². The van der Waals surface area contributed by atoms with E-state index in [1.165, 1.54) is 0 Å². The average Bonchev–Trinajstić information content (AvgIpc) is 3.56. The van der Waals surface area contributed by atoms with Crippen molar-refractivity contribution in [1.29, 1.82) is 0 Å². The van der Waals surface area contributed by atoms with Gasteiger partial charge in [0.15, 0.2) is 0 Å². The van der Waals surface area contributed by atoms with Crippen molar-refractivity contribution in [3.05, 3.63) is 60.4 Å². The first kappa shape index (κ1) is 19.9. The summed E-state index contributed by atoms with van der Waals surface area (Å²) in [5.41, 5.74) is 0.249. The minimum Gasteiger partial charge on any atom is -0.492 e. The van der Waals surface area contributed by atoms with Crippen LogP contribution in [0.4, 0.5) is 0 Å². The smallest absolute Gasteiger partial charge is 0.241 e. The number of rotatable bonds is 8. The van der Waals surface area contributed by atoms with Crippen LogP contribution >= 0.6 is 0 Å². The summed E-state index contributed by atoms with van der Waals surface area (Å²) >= 11 is 0. The van der Waals surface area contributed by atoms with Gasteiger partial charge in [0.05, 0.1) is 5.54 Å². The molecule has 1 aliphatic heterocycles. The minimum absolute atomic E-state index is 0.0874. The number of benzene rings is 1. The van der Waals surface area contributed by atoms with Gasteiger partial charge in [-0.05, 0) is 56.5 Å². The molecular weight excluding hydrogens is 366 g/mol. The fraction of sp³-hybridized carbons (Fsp3) is 0.478. The Hall–Kier alpha value is -2.44. The first-order chi connectivity index (χ1) is 14.1. The van der Waals surface area contributed by atoms with E-state index in [-0.39, 0.29) is 11.4 Å². The van der Waals surface area contributed by atoms with Crippen molar-refractivity contribution in [3.63, 3.8) is 0 Å². The van der Waals surface area contributed by atoms with E-state index >= 15 is 0 Å². The summed E-state index contributed by atoms with van der Waals surface area (Å²) in [4.78, 5) is 19.9. The number of hydrogen-bond donors (Lipinski definition) is 1. The SMILES string of the molecule is CN(CCOc1ccccc1)C1(C(=O)NC2(c3cccnc3)CC2)CCOCC1. The van der Waals surface area contributed by atoms with Crippen molar-refractivity contribution < 1.29 is 14.3 Å². The second-order valence-electron chi connectivity index (χ2n) is 8.00. The molecule has 0 bridgehead atoms. The number of pyridine rings is 1. The number of aromatic nitrogens is 1. The molecule has 2 aliphatic rings. The molecule has 0 spiro atoms. The second kappa shape index (κ2) is 8.51. The van der Waals surface area contributed by atoms with Crippen LogP contribution in [0.2, 0.25) is 0 Å². The zero-order valence-corrected chi connectivity index (χ0v) is 17.0. The van der Waals surface area contributed by atoms with E-state index < -0.39 is 5.54 Å². The maximum atomic E-state index is 13.6. The van der Waals surface area contributed by atoms with Gasteiger partial charge in [-0.2, -0.15) is 0 Å². The maximum Gasteiger partial charge on any atom is 0.241 e. The van der Waals surface area contributed by atoms with Crippen LogP contribution in [-0.4, -0.2) is 54.7 Å².